The van der Waals surface area contributed by atoms with Gasteiger partial charge >= 0.3 is 17.8 Å². The first-order valence-electron chi connectivity index (χ1n) is 9.89. The van der Waals surface area contributed by atoms with Crippen LogP contribution in [-0.2, 0) is 21.6 Å². The lowest BCUT2D eigenvalue weighted by Gasteiger charge is -2.06. The largest absolute Gasteiger partial charge is 0.480 e. The van der Waals surface area contributed by atoms with Gasteiger partial charge in [0.1, 0.15) is 28.7 Å². The molecule has 1 aliphatic carbocycles. The van der Waals surface area contributed by atoms with Crippen molar-refractivity contribution in [2.75, 3.05) is 5.32 Å². The number of anilines is 1. The van der Waals surface area contributed by atoms with Gasteiger partial charge in [-0.15, -0.1) is 0 Å². The monoisotopic (exact) mass is 475 g/mol. The van der Waals surface area contributed by atoms with Gasteiger partial charge in [-0.25, -0.2) is 4.79 Å². The molecule has 2 N–H and O–H groups in total. The third-order valence-electron chi connectivity index (χ3n) is 5.07. The average molecular weight is 475 g/mol. The lowest BCUT2D eigenvalue weighted by atomic mass is 10.1. The molecule has 1 aliphatic rings. The molecule has 0 aliphatic heterocycles. The van der Waals surface area contributed by atoms with Gasteiger partial charge in [0.15, 0.2) is 5.69 Å². The number of carbonyl (C=O) groups is 2. The van der Waals surface area contributed by atoms with Crippen molar-refractivity contribution in [3.63, 3.8) is 0 Å². The second-order valence-electron chi connectivity index (χ2n) is 7.32. The van der Waals surface area contributed by atoms with Crippen LogP contribution in [0.3, 0.4) is 0 Å². The molecule has 34 heavy (non-hydrogen) atoms. The SMILES string of the molecule is N#Cc1snc(C#Cc2nc3nc(C4(C(=O)O)CC4)oc3o2)c1NC(=O)OCc1ccccc1. The highest BCUT2D eigenvalue weighted by Crippen LogP contribution is 2.48. The first-order valence-corrected chi connectivity index (χ1v) is 10.7. The molecule has 1 aromatic carbocycles. The van der Waals surface area contributed by atoms with Crippen LogP contribution < -0.4 is 5.32 Å². The van der Waals surface area contributed by atoms with E-state index in [0.29, 0.717) is 12.8 Å². The Morgan fingerprint density at radius 1 is 1.21 bits per heavy atom. The highest BCUT2D eigenvalue weighted by Gasteiger charge is 2.56. The fourth-order valence-electron chi connectivity index (χ4n) is 3.09. The number of benzene rings is 1. The maximum absolute atomic E-state index is 12.2. The summed E-state index contributed by atoms with van der Waals surface area (Å²) >= 11 is 0.867. The van der Waals surface area contributed by atoms with Crippen molar-refractivity contribution >= 4 is 40.7 Å². The minimum atomic E-state index is -1.11. The van der Waals surface area contributed by atoms with Gasteiger partial charge in [-0.2, -0.15) is 19.6 Å². The Morgan fingerprint density at radius 3 is 2.68 bits per heavy atom. The number of hydrogen-bond acceptors (Lipinski definition) is 10. The molecule has 3 heterocycles. The number of amides is 1. The Kier molecular flexibility index (Phi) is 5.20. The van der Waals surface area contributed by atoms with E-state index >= 15 is 0 Å². The van der Waals surface area contributed by atoms with E-state index < -0.39 is 17.5 Å². The smallest absolute Gasteiger partial charge is 0.412 e. The van der Waals surface area contributed by atoms with Crippen LogP contribution in [-0.4, -0.2) is 31.5 Å². The summed E-state index contributed by atoms with van der Waals surface area (Å²) in [5.41, 5.74) is 0.0440. The van der Waals surface area contributed by atoms with Crippen LogP contribution in [0, 0.1) is 23.2 Å². The van der Waals surface area contributed by atoms with Crippen LogP contribution in [0.2, 0.25) is 0 Å². The quantitative estimate of drug-likeness (QED) is 0.409. The molecule has 1 fully saturated rings. The molecular weight excluding hydrogens is 462 g/mol. The number of oxazole rings is 2. The lowest BCUT2D eigenvalue weighted by molar-refractivity contribution is -0.140. The second kappa shape index (κ2) is 8.35. The van der Waals surface area contributed by atoms with Gasteiger partial charge < -0.3 is 18.7 Å². The second-order valence-corrected chi connectivity index (χ2v) is 8.09. The number of rotatable bonds is 5. The zero-order chi connectivity index (χ0) is 23.7. The summed E-state index contributed by atoms with van der Waals surface area (Å²) in [6.07, 6.45) is 0.112. The van der Waals surface area contributed by atoms with E-state index in [-0.39, 0.29) is 46.1 Å². The Balaban J connectivity index is 1.32. The lowest BCUT2D eigenvalue weighted by Crippen LogP contribution is -2.19. The summed E-state index contributed by atoms with van der Waals surface area (Å²) in [5, 5.41) is 21.2. The third kappa shape index (κ3) is 3.94. The normalized spacial score (nSPS) is 13.5. The average Bonchev–Trinajstić information content (AvgIpc) is 3.23. The molecule has 168 valence electrons. The van der Waals surface area contributed by atoms with E-state index in [2.05, 4.69) is 31.5 Å². The molecule has 11 nitrogen and oxygen atoms in total. The Labute approximate surface area is 195 Å². The van der Waals surface area contributed by atoms with Crippen LogP contribution >= 0.6 is 11.5 Å². The highest BCUT2D eigenvalue weighted by atomic mass is 32.1. The van der Waals surface area contributed by atoms with Gasteiger partial charge in [0.25, 0.3) is 5.89 Å². The predicted molar refractivity (Wildman–Crippen MR) is 116 cm³/mol. The summed E-state index contributed by atoms with van der Waals surface area (Å²) in [6, 6.07) is 11.1. The number of nitrogens with zero attached hydrogens (tertiary/aromatic N) is 4. The number of ether oxygens (including phenoxy) is 1. The van der Waals surface area contributed by atoms with Gasteiger partial charge in [-0.05, 0) is 35.9 Å². The molecule has 1 saturated carbocycles. The van der Waals surface area contributed by atoms with Gasteiger partial charge in [-0.1, -0.05) is 30.3 Å². The summed E-state index contributed by atoms with van der Waals surface area (Å²) in [6.45, 7) is 0.0562. The summed E-state index contributed by atoms with van der Waals surface area (Å²) in [5.74, 6) is 4.31. The van der Waals surface area contributed by atoms with Crippen LogP contribution in [0.1, 0.15) is 40.8 Å². The minimum absolute atomic E-state index is 0.0364. The first-order chi connectivity index (χ1) is 16.5. The van der Waals surface area contributed by atoms with Crippen molar-refractivity contribution in [2.24, 2.45) is 0 Å². The molecule has 3 aromatic heterocycles. The standard InChI is InChI=1S/C22H13N5O6S/c23-10-14-16(25-21(30)31-11-12-4-2-1-3-5-12)13(27-34-14)6-7-15-24-17-18(32-15)33-19(26-17)22(8-9-22)20(28)29/h1-5H,8-9,11H2,(H,25,30)(H,28,29). The predicted octanol–water partition coefficient (Wildman–Crippen LogP) is 3.41. The molecule has 0 unspecified atom stereocenters. The van der Waals surface area contributed by atoms with E-state index in [1.165, 1.54) is 0 Å². The van der Waals surface area contributed by atoms with E-state index in [4.69, 9.17) is 13.6 Å². The van der Waals surface area contributed by atoms with Crippen molar-refractivity contribution in [1.29, 1.82) is 5.26 Å². The number of carboxylic acid groups (broad SMARTS) is 1. The van der Waals surface area contributed by atoms with Gasteiger partial charge in [0.05, 0.1) is 0 Å². The molecule has 0 bridgehead atoms. The Hall–Kier alpha value is -4.68. The molecule has 0 spiro atoms. The summed E-state index contributed by atoms with van der Waals surface area (Å²) < 4.78 is 20.1. The van der Waals surface area contributed by atoms with E-state index in [9.17, 15) is 20.0 Å². The number of fused-ring (bicyclic) bond motifs is 1. The summed E-state index contributed by atoms with van der Waals surface area (Å²) in [7, 11) is 0. The third-order valence-corrected chi connectivity index (χ3v) is 5.82. The van der Waals surface area contributed by atoms with Crippen LogP contribution in [0.4, 0.5) is 10.5 Å². The number of aliphatic carboxylic acids is 1. The van der Waals surface area contributed by atoms with Crippen LogP contribution in [0.15, 0.2) is 39.2 Å². The topological polar surface area (TPSA) is 164 Å². The van der Waals surface area contributed by atoms with Gasteiger partial charge in [-0.3, -0.25) is 10.1 Å². The zero-order valence-electron chi connectivity index (χ0n) is 17.2. The Morgan fingerprint density at radius 2 is 2.00 bits per heavy atom. The van der Waals surface area contributed by atoms with Crippen molar-refractivity contribution in [3.8, 4) is 17.9 Å². The van der Waals surface area contributed by atoms with Crippen LogP contribution in [0.5, 0.6) is 0 Å². The molecule has 1 amide bonds. The molecule has 12 heteroatoms. The number of nitrogens with one attached hydrogen (secondary N) is 1. The highest BCUT2D eigenvalue weighted by molar-refractivity contribution is 7.07. The van der Waals surface area contributed by atoms with E-state index in [1.807, 2.05) is 36.4 Å². The minimum Gasteiger partial charge on any atom is -0.480 e. The first kappa shape index (κ1) is 21.2. The number of hydrogen-bond donors (Lipinski definition) is 2. The number of aromatic nitrogens is 3. The van der Waals surface area contributed by atoms with Gasteiger partial charge in [0, 0.05) is 5.92 Å². The summed E-state index contributed by atoms with van der Waals surface area (Å²) in [4.78, 5) is 32.0. The van der Waals surface area contributed by atoms with E-state index in [1.54, 1.807) is 0 Å². The van der Waals surface area contributed by atoms with Crippen molar-refractivity contribution in [3.05, 3.63) is 58.2 Å². The maximum Gasteiger partial charge on any atom is 0.412 e. The fraction of sp³-hybridized carbons (Fsp3) is 0.182. The van der Waals surface area contributed by atoms with E-state index in [0.717, 1.165) is 17.1 Å². The van der Waals surface area contributed by atoms with Gasteiger partial charge in [0.2, 0.25) is 11.5 Å². The number of carbonyl (C=O) groups excluding carboxylic acids is 1. The van der Waals surface area contributed by atoms with Crippen molar-refractivity contribution in [2.45, 2.75) is 24.9 Å². The molecule has 5 rings (SSSR count). The number of carboxylic acids is 1. The number of nitriles is 1. The molecule has 4 aromatic rings. The Bertz CT molecular complexity index is 1480. The van der Waals surface area contributed by atoms with Crippen LogP contribution in [0.25, 0.3) is 11.4 Å². The molecule has 0 saturated heterocycles. The fourth-order valence-corrected chi connectivity index (χ4v) is 3.69. The maximum atomic E-state index is 12.2. The zero-order valence-corrected chi connectivity index (χ0v) is 18.0. The molecule has 0 atom stereocenters. The van der Waals surface area contributed by atoms with Crippen molar-refractivity contribution < 1.29 is 28.3 Å². The van der Waals surface area contributed by atoms with Crippen molar-refractivity contribution in [1.82, 2.24) is 14.3 Å². The molecule has 0 radical (unpaired) electrons. The molecular formula is C22H13N5O6S.